The average Bonchev–Trinajstić information content (AvgIpc) is 2.69. The predicted molar refractivity (Wildman–Crippen MR) is 85.3 cm³/mol. The minimum Gasteiger partial charge on any atom is -0.452 e. The van der Waals surface area contributed by atoms with Crippen molar-refractivity contribution in [3.8, 4) is 0 Å². The number of nitrogens with one attached hydrogen (secondary N) is 1. The summed E-state index contributed by atoms with van der Waals surface area (Å²) in [7, 11) is 0. The molecule has 0 saturated carbocycles. The van der Waals surface area contributed by atoms with E-state index in [0.29, 0.717) is 12.6 Å². The number of hydrogen-bond acceptors (Lipinski definition) is 2. The molecule has 0 aliphatic rings. The van der Waals surface area contributed by atoms with Crippen molar-refractivity contribution < 1.29 is 4.42 Å². The van der Waals surface area contributed by atoms with Crippen LogP contribution in [0.15, 0.2) is 37.8 Å². The topological polar surface area (TPSA) is 25.2 Å². The second-order valence-electron chi connectivity index (χ2n) is 4.80. The average molecular weight is 387 g/mol. The summed E-state index contributed by atoms with van der Waals surface area (Å²) >= 11 is 6.77. The van der Waals surface area contributed by atoms with Crippen LogP contribution in [-0.4, -0.2) is 0 Å². The van der Waals surface area contributed by atoms with E-state index >= 15 is 0 Å². The Kier molecular flexibility index (Phi) is 4.87. The molecule has 2 rings (SSSR count). The summed E-state index contributed by atoms with van der Waals surface area (Å²) in [5.74, 6) is 0.913. The molecule has 0 saturated heterocycles. The van der Waals surface area contributed by atoms with Crippen LogP contribution in [0.3, 0.4) is 0 Å². The molecule has 4 heteroatoms. The Labute approximate surface area is 130 Å². The first-order chi connectivity index (χ1) is 8.97. The molecule has 1 unspecified atom stereocenters. The van der Waals surface area contributed by atoms with Crippen LogP contribution in [0, 0.1) is 13.8 Å². The Morgan fingerprint density at radius 1 is 1.21 bits per heavy atom. The Balaban J connectivity index is 2.04. The van der Waals surface area contributed by atoms with Crippen molar-refractivity contribution in [3.63, 3.8) is 0 Å². The lowest BCUT2D eigenvalue weighted by Crippen LogP contribution is -2.18. The Bertz CT molecular complexity index is 558. The summed E-state index contributed by atoms with van der Waals surface area (Å²) < 4.78 is 7.25. The number of benzene rings is 1. The Morgan fingerprint density at radius 3 is 2.58 bits per heavy atom. The normalized spacial score (nSPS) is 12.7. The van der Waals surface area contributed by atoms with Gasteiger partial charge < -0.3 is 9.73 Å². The van der Waals surface area contributed by atoms with E-state index in [2.05, 4.69) is 76.1 Å². The summed E-state index contributed by atoms with van der Waals surface area (Å²) in [6.07, 6.45) is 0. The van der Waals surface area contributed by atoms with Gasteiger partial charge in [0.25, 0.3) is 0 Å². The lowest BCUT2D eigenvalue weighted by Gasteiger charge is -2.16. The third-order valence-electron chi connectivity index (χ3n) is 3.18. The van der Waals surface area contributed by atoms with Gasteiger partial charge in [-0.05, 0) is 69.8 Å². The molecular weight excluding hydrogens is 370 g/mol. The zero-order valence-corrected chi connectivity index (χ0v) is 14.4. The number of hydrogen-bond donors (Lipinski definition) is 1. The van der Waals surface area contributed by atoms with E-state index in [1.807, 2.05) is 6.07 Å². The highest BCUT2D eigenvalue weighted by atomic mass is 79.9. The van der Waals surface area contributed by atoms with Gasteiger partial charge in [-0.15, -0.1) is 0 Å². The highest BCUT2D eigenvalue weighted by Gasteiger charge is 2.11. The first-order valence-electron chi connectivity index (χ1n) is 6.21. The largest absolute Gasteiger partial charge is 0.452 e. The molecule has 1 atom stereocenters. The van der Waals surface area contributed by atoms with E-state index in [-0.39, 0.29) is 0 Å². The molecule has 0 radical (unpaired) electrons. The lowest BCUT2D eigenvalue weighted by atomic mass is 10.00. The molecule has 2 aromatic rings. The lowest BCUT2D eigenvalue weighted by molar-refractivity contribution is 0.445. The van der Waals surface area contributed by atoms with Gasteiger partial charge in [0.05, 0.1) is 11.0 Å². The predicted octanol–water partition coefficient (Wildman–Crippen LogP) is 5.27. The second-order valence-corrected chi connectivity index (χ2v) is 6.37. The number of furan rings is 1. The quantitative estimate of drug-likeness (QED) is 0.773. The van der Waals surface area contributed by atoms with Crippen molar-refractivity contribution in [2.45, 2.75) is 33.4 Å². The smallest absolute Gasteiger partial charge is 0.183 e. The van der Waals surface area contributed by atoms with Crippen LogP contribution in [0.1, 0.15) is 35.4 Å². The number of aryl methyl sites for hydroxylation is 2. The molecule has 0 fully saturated rings. The SMILES string of the molecule is Cc1ccc(C)c(C(C)NCc2cc(Br)c(Br)o2)c1. The van der Waals surface area contributed by atoms with E-state index in [0.717, 1.165) is 14.9 Å². The van der Waals surface area contributed by atoms with Gasteiger partial charge in [-0.2, -0.15) is 0 Å². The molecule has 1 aromatic carbocycles. The van der Waals surface area contributed by atoms with Crippen LogP contribution < -0.4 is 5.32 Å². The highest BCUT2D eigenvalue weighted by Crippen LogP contribution is 2.27. The van der Waals surface area contributed by atoms with Gasteiger partial charge >= 0.3 is 0 Å². The molecule has 0 amide bonds. The van der Waals surface area contributed by atoms with Crippen LogP contribution >= 0.6 is 31.9 Å². The van der Waals surface area contributed by atoms with Crippen molar-refractivity contribution in [1.29, 1.82) is 0 Å². The monoisotopic (exact) mass is 385 g/mol. The van der Waals surface area contributed by atoms with Gasteiger partial charge in [0, 0.05) is 6.04 Å². The fourth-order valence-electron chi connectivity index (χ4n) is 2.07. The highest BCUT2D eigenvalue weighted by molar-refractivity contribution is 9.13. The van der Waals surface area contributed by atoms with E-state index < -0.39 is 0 Å². The molecule has 19 heavy (non-hydrogen) atoms. The molecule has 0 aliphatic carbocycles. The van der Waals surface area contributed by atoms with E-state index in [4.69, 9.17) is 4.42 Å². The van der Waals surface area contributed by atoms with Crippen molar-refractivity contribution in [2.75, 3.05) is 0 Å². The Morgan fingerprint density at radius 2 is 1.95 bits per heavy atom. The van der Waals surface area contributed by atoms with Crippen LogP contribution in [0.5, 0.6) is 0 Å². The van der Waals surface area contributed by atoms with Crippen molar-refractivity contribution in [1.82, 2.24) is 5.32 Å². The molecule has 1 N–H and O–H groups in total. The van der Waals surface area contributed by atoms with Crippen LogP contribution in [0.25, 0.3) is 0 Å². The molecular formula is C15H17Br2NO. The summed E-state index contributed by atoms with van der Waals surface area (Å²) in [4.78, 5) is 0. The minimum absolute atomic E-state index is 0.294. The Hall–Kier alpha value is -0.580. The van der Waals surface area contributed by atoms with E-state index in [9.17, 15) is 0 Å². The van der Waals surface area contributed by atoms with E-state index in [1.165, 1.54) is 16.7 Å². The fraction of sp³-hybridized carbons (Fsp3) is 0.333. The third-order valence-corrected chi connectivity index (χ3v) is 4.89. The molecule has 1 heterocycles. The standard InChI is InChI=1S/C15H17Br2NO/c1-9-4-5-10(2)13(6-9)11(3)18-8-12-7-14(16)15(17)19-12/h4-7,11,18H,8H2,1-3H3. The zero-order valence-electron chi connectivity index (χ0n) is 11.3. The maximum absolute atomic E-state index is 5.56. The summed E-state index contributed by atoms with van der Waals surface area (Å²) in [6.45, 7) is 7.15. The van der Waals surface area contributed by atoms with Crippen LogP contribution in [0.2, 0.25) is 0 Å². The molecule has 0 spiro atoms. The summed E-state index contributed by atoms with van der Waals surface area (Å²) in [5.41, 5.74) is 3.94. The fourth-order valence-corrected chi connectivity index (χ4v) is 2.73. The van der Waals surface area contributed by atoms with Crippen molar-refractivity contribution in [2.24, 2.45) is 0 Å². The van der Waals surface area contributed by atoms with Crippen LogP contribution in [0.4, 0.5) is 0 Å². The van der Waals surface area contributed by atoms with Gasteiger partial charge in [0.15, 0.2) is 4.67 Å². The zero-order chi connectivity index (χ0) is 14.0. The number of halogens is 2. The minimum atomic E-state index is 0.294. The first kappa shape index (κ1) is 14.8. The van der Waals surface area contributed by atoms with Gasteiger partial charge in [-0.3, -0.25) is 0 Å². The van der Waals surface area contributed by atoms with Gasteiger partial charge in [0.1, 0.15) is 5.76 Å². The van der Waals surface area contributed by atoms with Gasteiger partial charge in [0.2, 0.25) is 0 Å². The number of rotatable bonds is 4. The van der Waals surface area contributed by atoms with E-state index in [1.54, 1.807) is 0 Å². The summed E-state index contributed by atoms with van der Waals surface area (Å²) in [6, 6.07) is 8.82. The summed E-state index contributed by atoms with van der Waals surface area (Å²) in [5, 5.41) is 3.49. The maximum atomic E-state index is 5.56. The maximum Gasteiger partial charge on any atom is 0.183 e. The second kappa shape index (κ2) is 6.25. The van der Waals surface area contributed by atoms with Crippen LogP contribution in [-0.2, 0) is 6.54 Å². The molecule has 0 aliphatic heterocycles. The van der Waals surface area contributed by atoms with Gasteiger partial charge in [-0.1, -0.05) is 23.8 Å². The van der Waals surface area contributed by atoms with Gasteiger partial charge in [-0.25, -0.2) is 0 Å². The third kappa shape index (κ3) is 3.71. The molecule has 2 nitrogen and oxygen atoms in total. The molecule has 0 bridgehead atoms. The van der Waals surface area contributed by atoms with Crippen molar-refractivity contribution >= 4 is 31.9 Å². The first-order valence-corrected chi connectivity index (χ1v) is 7.80. The molecule has 102 valence electrons. The molecule has 1 aromatic heterocycles. The van der Waals surface area contributed by atoms with Crippen molar-refractivity contribution in [3.05, 3.63) is 55.9 Å².